The molecule has 2 N–H and O–H groups in total. The van der Waals surface area contributed by atoms with Crippen molar-refractivity contribution in [2.75, 3.05) is 18.1 Å². The number of hydrogen-bond acceptors (Lipinski definition) is 2. The first-order chi connectivity index (χ1) is 8.31. The van der Waals surface area contributed by atoms with E-state index in [4.69, 9.17) is 0 Å². The number of nitrogens with one attached hydrogen (secondary N) is 2. The average molecular weight is 250 g/mol. The summed E-state index contributed by atoms with van der Waals surface area (Å²) in [6.07, 6.45) is 2.04. The quantitative estimate of drug-likeness (QED) is 0.770. The summed E-state index contributed by atoms with van der Waals surface area (Å²) in [6, 6.07) is 8.27. The van der Waals surface area contributed by atoms with E-state index < -0.39 is 10.8 Å². The number of rotatable bonds is 6. The highest BCUT2D eigenvalue weighted by Crippen LogP contribution is 2.16. The summed E-state index contributed by atoms with van der Waals surface area (Å²) >= 11 is 0. The van der Waals surface area contributed by atoms with Crippen molar-refractivity contribution in [1.82, 2.24) is 10.3 Å². The molecule has 0 saturated carbocycles. The number of aromatic nitrogens is 1. The van der Waals surface area contributed by atoms with Gasteiger partial charge in [0.15, 0.2) is 0 Å². The Morgan fingerprint density at radius 2 is 2.18 bits per heavy atom. The van der Waals surface area contributed by atoms with Gasteiger partial charge in [0.1, 0.15) is 0 Å². The summed E-state index contributed by atoms with van der Waals surface area (Å²) in [5.74, 6) is 1.48. The Morgan fingerprint density at radius 3 is 3.00 bits per heavy atom. The minimum atomic E-state index is -0.673. The highest BCUT2D eigenvalue weighted by atomic mass is 32.2. The molecule has 0 bridgehead atoms. The van der Waals surface area contributed by atoms with Gasteiger partial charge in [0.2, 0.25) is 0 Å². The van der Waals surface area contributed by atoms with E-state index in [1.54, 1.807) is 0 Å². The van der Waals surface area contributed by atoms with Gasteiger partial charge in [-0.2, -0.15) is 0 Å². The van der Waals surface area contributed by atoms with Crippen molar-refractivity contribution in [1.29, 1.82) is 0 Å². The summed E-state index contributed by atoms with van der Waals surface area (Å²) in [6.45, 7) is 3.58. The standard InChI is InChI=1S/C13H18N2OS/c1-2-17(16)8-7-14-9-11-10-15-13-6-4-3-5-12(11)13/h3-6,10,14-15H,2,7-9H2,1H3. The molecule has 17 heavy (non-hydrogen) atoms. The Hall–Kier alpha value is -1.13. The number of para-hydroxylation sites is 1. The van der Waals surface area contributed by atoms with Crippen LogP contribution in [0.4, 0.5) is 0 Å². The predicted molar refractivity (Wildman–Crippen MR) is 73.6 cm³/mol. The van der Waals surface area contributed by atoms with Crippen LogP contribution in [0.2, 0.25) is 0 Å². The summed E-state index contributed by atoms with van der Waals surface area (Å²) < 4.78 is 11.3. The number of H-pyrrole nitrogens is 1. The Morgan fingerprint density at radius 1 is 1.35 bits per heavy atom. The third kappa shape index (κ3) is 3.17. The molecule has 0 spiro atoms. The highest BCUT2D eigenvalue weighted by Gasteiger charge is 2.02. The maximum atomic E-state index is 11.3. The molecule has 0 saturated heterocycles. The second kappa shape index (κ2) is 5.98. The lowest BCUT2D eigenvalue weighted by molar-refractivity contribution is 0.674. The van der Waals surface area contributed by atoms with E-state index in [0.717, 1.165) is 24.6 Å². The largest absolute Gasteiger partial charge is 0.361 e. The van der Waals surface area contributed by atoms with E-state index in [1.165, 1.54) is 16.5 Å². The molecule has 0 aliphatic rings. The molecule has 4 heteroatoms. The molecule has 0 aliphatic carbocycles. The van der Waals surface area contributed by atoms with Gasteiger partial charge >= 0.3 is 0 Å². The molecule has 0 amide bonds. The van der Waals surface area contributed by atoms with Crippen LogP contribution in [-0.4, -0.2) is 27.2 Å². The Kier molecular flexibility index (Phi) is 4.34. The van der Waals surface area contributed by atoms with Gasteiger partial charge in [-0.3, -0.25) is 4.21 Å². The maximum absolute atomic E-state index is 11.3. The molecule has 2 aromatic rings. The predicted octanol–water partition coefficient (Wildman–Crippen LogP) is 2.03. The van der Waals surface area contributed by atoms with Crippen molar-refractivity contribution in [2.24, 2.45) is 0 Å². The molecule has 1 atom stereocenters. The van der Waals surface area contributed by atoms with E-state index >= 15 is 0 Å². The van der Waals surface area contributed by atoms with Crippen LogP contribution in [0.5, 0.6) is 0 Å². The van der Waals surface area contributed by atoms with Crippen LogP contribution in [0.15, 0.2) is 30.5 Å². The fourth-order valence-electron chi connectivity index (χ4n) is 1.83. The van der Waals surface area contributed by atoms with E-state index in [-0.39, 0.29) is 0 Å². The molecule has 0 radical (unpaired) electrons. The number of aromatic amines is 1. The number of fused-ring (bicyclic) bond motifs is 1. The number of benzene rings is 1. The minimum absolute atomic E-state index is 0.673. The van der Waals surface area contributed by atoms with Crippen LogP contribution in [0.25, 0.3) is 10.9 Å². The lowest BCUT2D eigenvalue weighted by Gasteiger charge is -2.03. The number of hydrogen-bond donors (Lipinski definition) is 2. The van der Waals surface area contributed by atoms with Crippen molar-refractivity contribution >= 4 is 21.7 Å². The molecule has 2 rings (SSSR count). The SMILES string of the molecule is CCS(=O)CCNCc1c[nH]c2ccccc12. The average Bonchev–Trinajstić information content (AvgIpc) is 2.78. The summed E-state index contributed by atoms with van der Waals surface area (Å²) in [5, 5.41) is 4.59. The fraction of sp³-hybridized carbons (Fsp3) is 0.385. The fourth-order valence-corrected chi connectivity index (χ4v) is 2.49. The maximum Gasteiger partial charge on any atom is 0.0457 e. The Bertz CT molecular complexity index is 507. The molecule has 3 nitrogen and oxygen atoms in total. The van der Waals surface area contributed by atoms with Gasteiger partial charge in [-0.15, -0.1) is 0 Å². The smallest absolute Gasteiger partial charge is 0.0457 e. The molecule has 0 aliphatic heterocycles. The first-order valence-electron chi connectivity index (χ1n) is 5.92. The van der Waals surface area contributed by atoms with Gasteiger partial charge in [-0.25, -0.2) is 0 Å². The molecular formula is C13H18N2OS. The molecular weight excluding hydrogens is 232 g/mol. The second-order valence-corrected chi connectivity index (χ2v) is 5.83. The van der Waals surface area contributed by atoms with Crippen molar-refractivity contribution < 1.29 is 4.21 Å². The first kappa shape index (κ1) is 12.3. The van der Waals surface area contributed by atoms with Crippen LogP contribution in [0, 0.1) is 0 Å². The molecule has 92 valence electrons. The molecule has 1 aromatic carbocycles. The minimum Gasteiger partial charge on any atom is -0.361 e. The lowest BCUT2D eigenvalue weighted by atomic mass is 10.2. The van der Waals surface area contributed by atoms with Gasteiger partial charge in [-0.1, -0.05) is 25.1 Å². The summed E-state index contributed by atoms with van der Waals surface area (Å²) in [5.41, 5.74) is 2.43. The van der Waals surface area contributed by atoms with Gasteiger partial charge < -0.3 is 10.3 Å². The third-order valence-electron chi connectivity index (χ3n) is 2.82. The molecule has 0 fully saturated rings. The first-order valence-corrected chi connectivity index (χ1v) is 7.40. The normalized spacial score (nSPS) is 13.0. The topological polar surface area (TPSA) is 44.9 Å². The summed E-state index contributed by atoms with van der Waals surface area (Å²) in [7, 11) is -0.673. The van der Waals surface area contributed by atoms with E-state index in [1.807, 2.05) is 25.3 Å². The van der Waals surface area contributed by atoms with Crippen LogP contribution >= 0.6 is 0 Å². The zero-order chi connectivity index (χ0) is 12.1. The van der Waals surface area contributed by atoms with Gasteiger partial charge in [0.25, 0.3) is 0 Å². The van der Waals surface area contributed by atoms with E-state index in [2.05, 4.69) is 22.4 Å². The van der Waals surface area contributed by atoms with Crippen molar-refractivity contribution in [3.05, 3.63) is 36.0 Å². The van der Waals surface area contributed by atoms with Crippen LogP contribution in [-0.2, 0) is 17.3 Å². The Balaban J connectivity index is 1.89. The van der Waals surface area contributed by atoms with Gasteiger partial charge in [0, 0.05) is 52.5 Å². The monoisotopic (exact) mass is 250 g/mol. The third-order valence-corrected chi connectivity index (χ3v) is 4.12. The Labute approximate surface area is 104 Å². The van der Waals surface area contributed by atoms with Gasteiger partial charge in [-0.05, 0) is 11.6 Å². The summed E-state index contributed by atoms with van der Waals surface area (Å²) in [4.78, 5) is 3.25. The van der Waals surface area contributed by atoms with E-state index in [0.29, 0.717) is 0 Å². The molecule has 1 unspecified atom stereocenters. The van der Waals surface area contributed by atoms with Crippen LogP contribution in [0.1, 0.15) is 12.5 Å². The van der Waals surface area contributed by atoms with Crippen LogP contribution in [0.3, 0.4) is 0 Å². The molecule has 1 heterocycles. The lowest BCUT2D eigenvalue weighted by Crippen LogP contribution is -2.20. The second-order valence-electron chi connectivity index (χ2n) is 3.97. The van der Waals surface area contributed by atoms with Crippen molar-refractivity contribution in [2.45, 2.75) is 13.5 Å². The van der Waals surface area contributed by atoms with Crippen molar-refractivity contribution in [3.63, 3.8) is 0 Å². The van der Waals surface area contributed by atoms with Crippen LogP contribution < -0.4 is 5.32 Å². The van der Waals surface area contributed by atoms with Gasteiger partial charge in [0.05, 0.1) is 0 Å². The highest BCUT2D eigenvalue weighted by molar-refractivity contribution is 7.84. The zero-order valence-corrected chi connectivity index (χ0v) is 10.8. The van der Waals surface area contributed by atoms with Crippen molar-refractivity contribution in [3.8, 4) is 0 Å². The van der Waals surface area contributed by atoms with E-state index in [9.17, 15) is 4.21 Å². The zero-order valence-electron chi connectivity index (χ0n) is 10.0. The molecule has 1 aromatic heterocycles.